The second kappa shape index (κ2) is 4.06. The Morgan fingerprint density at radius 1 is 1.20 bits per heavy atom. The highest BCUT2D eigenvalue weighted by Crippen LogP contribution is 2.48. The van der Waals surface area contributed by atoms with E-state index in [1.807, 2.05) is 0 Å². The number of ether oxygens (including phenoxy) is 1. The molecule has 2 rings (SSSR count). The van der Waals surface area contributed by atoms with E-state index in [-0.39, 0.29) is 0 Å². The van der Waals surface area contributed by atoms with Crippen LogP contribution in [0.3, 0.4) is 0 Å². The summed E-state index contributed by atoms with van der Waals surface area (Å²) < 4.78 is 6.08. The highest BCUT2D eigenvalue weighted by molar-refractivity contribution is 4.98. The highest BCUT2D eigenvalue weighted by atomic mass is 16.5. The van der Waals surface area contributed by atoms with Crippen molar-refractivity contribution in [1.29, 1.82) is 0 Å². The van der Waals surface area contributed by atoms with Crippen LogP contribution < -0.4 is 0 Å². The molecule has 0 bridgehead atoms. The van der Waals surface area contributed by atoms with Gasteiger partial charge in [0.1, 0.15) is 0 Å². The zero-order valence-electron chi connectivity index (χ0n) is 10.6. The van der Waals surface area contributed by atoms with Crippen LogP contribution >= 0.6 is 0 Å². The summed E-state index contributed by atoms with van der Waals surface area (Å²) in [7, 11) is 0. The molecular weight excluding hydrogens is 186 g/mol. The summed E-state index contributed by atoms with van der Waals surface area (Å²) in [6, 6.07) is 0.658. The molecule has 0 N–H and O–H groups in total. The van der Waals surface area contributed by atoms with E-state index in [2.05, 4.69) is 32.6 Å². The van der Waals surface area contributed by atoms with Gasteiger partial charge in [-0.25, -0.2) is 0 Å². The van der Waals surface area contributed by atoms with Crippen LogP contribution in [0.25, 0.3) is 0 Å². The maximum Gasteiger partial charge on any atom is 0.0725 e. The second-order valence-electron chi connectivity index (χ2n) is 6.12. The van der Waals surface area contributed by atoms with Crippen molar-refractivity contribution in [3.63, 3.8) is 0 Å². The van der Waals surface area contributed by atoms with Gasteiger partial charge in [-0.1, -0.05) is 13.8 Å². The fourth-order valence-corrected chi connectivity index (χ4v) is 2.38. The van der Waals surface area contributed by atoms with E-state index in [0.29, 0.717) is 23.5 Å². The molecule has 1 aliphatic heterocycles. The number of rotatable bonds is 2. The lowest BCUT2D eigenvalue weighted by Crippen LogP contribution is -2.40. The van der Waals surface area contributed by atoms with Crippen molar-refractivity contribution in [2.75, 3.05) is 19.7 Å². The minimum absolute atomic E-state index is 0.437. The summed E-state index contributed by atoms with van der Waals surface area (Å²) in [5, 5.41) is 0. The molecule has 0 aromatic heterocycles. The first kappa shape index (κ1) is 11.4. The predicted molar refractivity (Wildman–Crippen MR) is 63.0 cm³/mol. The highest BCUT2D eigenvalue weighted by Gasteiger charge is 2.47. The Bertz CT molecular complexity index is 221. The number of hydrogen-bond donors (Lipinski definition) is 0. The van der Waals surface area contributed by atoms with Crippen molar-refractivity contribution in [2.24, 2.45) is 11.3 Å². The van der Waals surface area contributed by atoms with Gasteiger partial charge in [-0.3, -0.25) is 4.90 Å². The zero-order chi connectivity index (χ0) is 11.1. The van der Waals surface area contributed by atoms with E-state index in [0.717, 1.165) is 13.2 Å². The molecule has 88 valence electrons. The summed E-state index contributed by atoms with van der Waals surface area (Å²) in [4.78, 5) is 2.62. The van der Waals surface area contributed by atoms with Gasteiger partial charge in [0.25, 0.3) is 0 Å². The lowest BCUT2D eigenvalue weighted by atomic mass is 10.1. The molecule has 1 atom stereocenters. The Labute approximate surface area is 94.0 Å². The molecule has 1 saturated carbocycles. The molecule has 0 unspecified atom stereocenters. The molecule has 1 saturated heterocycles. The Morgan fingerprint density at radius 3 is 2.33 bits per heavy atom. The van der Waals surface area contributed by atoms with Gasteiger partial charge in [0.05, 0.1) is 12.7 Å². The third kappa shape index (κ3) is 2.54. The fraction of sp³-hybridized carbons (Fsp3) is 1.00. The first-order valence-electron chi connectivity index (χ1n) is 6.38. The van der Waals surface area contributed by atoms with E-state index in [9.17, 15) is 0 Å². The Balaban J connectivity index is 2.04. The minimum Gasteiger partial charge on any atom is -0.376 e. The maximum absolute atomic E-state index is 6.08. The Kier molecular flexibility index (Phi) is 3.09. The van der Waals surface area contributed by atoms with Crippen LogP contribution in [0.2, 0.25) is 0 Å². The smallest absolute Gasteiger partial charge is 0.0725 e. The molecule has 0 aromatic carbocycles. The number of nitrogens with zero attached hydrogens (tertiary/aromatic N) is 1. The molecule has 0 aromatic rings. The van der Waals surface area contributed by atoms with Crippen molar-refractivity contribution in [3.8, 4) is 0 Å². The lowest BCUT2D eigenvalue weighted by Gasteiger charge is -2.29. The quantitative estimate of drug-likeness (QED) is 0.696. The van der Waals surface area contributed by atoms with Gasteiger partial charge in [-0.05, 0) is 32.6 Å². The van der Waals surface area contributed by atoms with Crippen LogP contribution in [0.15, 0.2) is 0 Å². The van der Waals surface area contributed by atoms with Crippen LogP contribution in [0.1, 0.15) is 40.5 Å². The van der Waals surface area contributed by atoms with Crippen molar-refractivity contribution in [2.45, 2.75) is 52.7 Å². The zero-order valence-corrected chi connectivity index (χ0v) is 10.6. The largest absolute Gasteiger partial charge is 0.376 e. The molecule has 2 aliphatic rings. The topological polar surface area (TPSA) is 12.5 Å². The summed E-state index contributed by atoms with van der Waals surface area (Å²) in [5.74, 6) is 0.639. The van der Waals surface area contributed by atoms with Crippen LogP contribution in [0.4, 0.5) is 0 Å². The van der Waals surface area contributed by atoms with Crippen molar-refractivity contribution >= 4 is 0 Å². The molecular formula is C13H25NO. The predicted octanol–water partition coefficient (Wildman–Crippen LogP) is 2.53. The van der Waals surface area contributed by atoms with Crippen molar-refractivity contribution < 1.29 is 4.74 Å². The van der Waals surface area contributed by atoms with Gasteiger partial charge in [0.2, 0.25) is 0 Å². The van der Waals surface area contributed by atoms with Gasteiger partial charge in [-0.15, -0.1) is 0 Å². The standard InChI is InChI=1S/C13H25NO/c1-10(2)12-7-14(11(3)4)8-13(5-6-13)9-15-12/h10-12H,5-9H2,1-4H3/t12-/m1/s1. The van der Waals surface area contributed by atoms with Crippen molar-refractivity contribution in [3.05, 3.63) is 0 Å². The minimum atomic E-state index is 0.437. The van der Waals surface area contributed by atoms with Gasteiger partial charge in [0, 0.05) is 24.5 Å². The van der Waals surface area contributed by atoms with E-state index in [1.54, 1.807) is 0 Å². The average Bonchev–Trinajstić information content (AvgIpc) is 2.93. The summed E-state index contributed by atoms with van der Waals surface area (Å²) >= 11 is 0. The third-order valence-corrected chi connectivity index (χ3v) is 3.99. The SMILES string of the molecule is CC(C)[C@H]1CN(C(C)C)CC2(CC2)CO1. The monoisotopic (exact) mass is 211 g/mol. The van der Waals surface area contributed by atoms with Gasteiger partial charge >= 0.3 is 0 Å². The summed E-state index contributed by atoms with van der Waals surface area (Å²) in [6.45, 7) is 12.5. The van der Waals surface area contributed by atoms with Gasteiger partial charge in [-0.2, -0.15) is 0 Å². The molecule has 0 radical (unpaired) electrons. The molecule has 1 heterocycles. The second-order valence-corrected chi connectivity index (χ2v) is 6.12. The normalized spacial score (nSPS) is 31.2. The molecule has 1 aliphatic carbocycles. The number of hydrogen-bond acceptors (Lipinski definition) is 2. The average molecular weight is 211 g/mol. The summed E-state index contributed by atoms with van der Waals surface area (Å²) in [6.07, 6.45) is 3.19. The van der Waals surface area contributed by atoms with Gasteiger partial charge < -0.3 is 4.74 Å². The molecule has 15 heavy (non-hydrogen) atoms. The van der Waals surface area contributed by atoms with E-state index in [4.69, 9.17) is 4.74 Å². The first-order chi connectivity index (χ1) is 7.02. The summed E-state index contributed by atoms with van der Waals surface area (Å²) in [5.41, 5.74) is 0.536. The van der Waals surface area contributed by atoms with Gasteiger partial charge in [0.15, 0.2) is 0 Å². The maximum atomic E-state index is 6.08. The fourth-order valence-electron chi connectivity index (χ4n) is 2.38. The van der Waals surface area contributed by atoms with Crippen LogP contribution in [-0.4, -0.2) is 36.7 Å². The first-order valence-corrected chi connectivity index (χ1v) is 6.38. The van der Waals surface area contributed by atoms with Crippen LogP contribution in [0.5, 0.6) is 0 Å². The molecule has 1 spiro atoms. The van der Waals surface area contributed by atoms with E-state index < -0.39 is 0 Å². The Hall–Kier alpha value is -0.0800. The third-order valence-electron chi connectivity index (χ3n) is 3.99. The van der Waals surface area contributed by atoms with Crippen LogP contribution in [0, 0.1) is 11.3 Å². The van der Waals surface area contributed by atoms with E-state index in [1.165, 1.54) is 19.4 Å². The molecule has 2 nitrogen and oxygen atoms in total. The molecule has 2 fully saturated rings. The molecule has 0 amide bonds. The Morgan fingerprint density at radius 2 is 1.87 bits per heavy atom. The molecule has 2 heteroatoms. The van der Waals surface area contributed by atoms with E-state index >= 15 is 0 Å². The van der Waals surface area contributed by atoms with Crippen LogP contribution in [-0.2, 0) is 4.74 Å². The van der Waals surface area contributed by atoms with Crippen molar-refractivity contribution in [1.82, 2.24) is 4.90 Å². The lowest BCUT2D eigenvalue weighted by molar-refractivity contribution is 0.00862.